The van der Waals surface area contributed by atoms with E-state index >= 15 is 0 Å². The summed E-state index contributed by atoms with van der Waals surface area (Å²) in [5.41, 5.74) is 2.65. The van der Waals surface area contributed by atoms with E-state index in [1.54, 1.807) is 11.3 Å². The zero-order valence-electron chi connectivity index (χ0n) is 13.1. The van der Waals surface area contributed by atoms with Crippen LogP contribution in [0.5, 0.6) is 0 Å². The molecule has 4 saturated carbocycles. The molecule has 5 rings (SSSR count). The van der Waals surface area contributed by atoms with Crippen LogP contribution in [0.15, 0.2) is 5.38 Å². The molecule has 21 heavy (non-hydrogen) atoms. The van der Waals surface area contributed by atoms with Gasteiger partial charge in [-0.25, -0.2) is 0 Å². The maximum absolute atomic E-state index is 12.9. The summed E-state index contributed by atoms with van der Waals surface area (Å²) in [4.78, 5) is 14.2. The summed E-state index contributed by atoms with van der Waals surface area (Å²) >= 11 is 1.79. The number of carbonyl (C=O) groups is 1. The molecule has 0 aliphatic heterocycles. The standard InChI is InChI=1S/C18H25NOS/c1-11-12(2)21-10-16(11)9-19-17(20)18-6-13-3-14(7-18)5-15(4-13)8-18/h10,13-15H,3-9H2,1-2H3,(H,19,20). The van der Waals surface area contributed by atoms with E-state index in [0.717, 1.165) is 43.6 Å². The number of thiophene rings is 1. The Kier molecular flexibility index (Phi) is 3.18. The molecule has 0 unspecified atom stereocenters. The molecule has 4 aliphatic carbocycles. The van der Waals surface area contributed by atoms with Crippen LogP contribution in [0.4, 0.5) is 0 Å². The summed E-state index contributed by atoms with van der Waals surface area (Å²) in [5.74, 6) is 2.87. The summed E-state index contributed by atoms with van der Waals surface area (Å²) in [6.45, 7) is 5.04. The minimum Gasteiger partial charge on any atom is -0.352 e. The first-order valence-electron chi connectivity index (χ1n) is 8.37. The molecule has 4 aliphatic rings. The second-order valence-corrected chi connectivity index (χ2v) is 8.91. The number of rotatable bonds is 3. The van der Waals surface area contributed by atoms with Gasteiger partial charge in [0.05, 0.1) is 0 Å². The van der Waals surface area contributed by atoms with E-state index in [2.05, 4.69) is 24.5 Å². The van der Waals surface area contributed by atoms with Gasteiger partial charge in [0.15, 0.2) is 0 Å². The third-order valence-corrected chi connectivity index (χ3v) is 7.41. The number of hydrogen-bond acceptors (Lipinski definition) is 2. The molecule has 4 fully saturated rings. The molecule has 0 atom stereocenters. The highest BCUT2D eigenvalue weighted by Gasteiger charge is 2.54. The summed E-state index contributed by atoms with van der Waals surface area (Å²) in [6.07, 6.45) is 7.67. The van der Waals surface area contributed by atoms with Crippen molar-refractivity contribution < 1.29 is 4.79 Å². The third-order valence-electron chi connectivity index (χ3n) is 6.35. The largest absolute Gasteiger partial charge is 0.352 e. The quantitative estimate of drug-likeness (QED) is 0.891. The maximum Gasteiger partial charge on any atom is 0.226 e. The molecule has 2 nitrogen and oxygen atoms in total. The van der Waals surface area contributed by atoms with Crippen molar-refractivity contribution in [2.45, 2.75) is 58.9 Å². The minimum atomic E-state index is -0.00623. The second-order valence-electron chi connectivity index (χ2n) is 7.82. The van der Waals surface area contributed by atoms with E-state index in [4.69, 9.17) is 0 Å². The van der Waals surface area contributed by atoms with Crippen molar-refractivity contribution >= 4 is 17.2 Å². The molecule has 0 spiro atoms. The first-order chi connectivity index (χ1) is 10.1. The van der Waals surface area contributed by atoms with Gasteiger partial charge in [0.25, 0.3) is 0 Å². The molecule has 114 valence electrons. The van der Waals surface area contributed by atoms with Gasteiger partial charge in [-0.3, -0.25) is 4.79 Å². The molecular formula is C18H25NOS. The van der Waals surface area contributed by atoms with Crippen molar-refractivity contribution in [3.8, 4) is 0 Å². The van der Waals surface area contributed by atoms with E-state index in [9.17, 15) is 4.79 Å². The average Bonchev–Trinajstić information content (AvgIpc) is 2.75. The Bertz CT molecular complexity index is 538. The Morgan fingerprint density at radius 3 is 2.24 bits per heavy atom. The van der Waals surface area contributed by atoms with Crippen LogP contribution in [0.3, 0.4) is 0 Å². The Balaban J connectivity index is 1.46. The predicted molar refractivity (Wildman–Crippen MR) is 86.2 cm³/mol. The van der Waals surface area contributed by atoms with Gasteiger partial charge in [-0.1, -0.05) is 0 Å². The van der Waals surface area contributed by atoms with Crippen LogP contribution < -0.4 is 5.32 Å². The lowest BCUT2D eigenvalue weighted by molar-refractivity contribution is -0.146. The maximum atomic E-state index is 12.9. The molecular weight excluding hydrogens is 278 g/mol. The van der Waals surface area contributed by atoms with Crippen LogP contribution in [-0.4, -0.2) is 5.91 Å². The van der Waals surface area contributed by atoms with E-state index in [1.807, 2.05) is 0 Å². The van der Waals surface area contributed by atoms with Crippen molar-refractivity contribution in [1.29, 1.82) is 0 Å². The zero-order valence-corrected chi connectivity index (χ0v) is 13.9. The van der Waals surface area contributed by atoms with E-state index in [1.165, 1.54) is 35.3 Å². The number of amides is 1. The van der Waals surface area contributed by atoms with Crippen LogP contribution in [0.2, 0.25) is 0 Å². The van der Waals surface area contributed by atoms with Crippen molar-refractivity contribution in [3.63, 3.8) is 0 Å². The monoisotopic (exact) mass is 303 g/mol. The van der Waals surface area contributed by atoms with E-state index < -0.39 is 0 Å². The fraction of sp³-hybridized carbons (Fsp3) is 0.722. The summed E-state index contributed by atoms with van der Waals surface area (Å²) in [6, 6.07) is 0. The van der Waals surface area contributed by atoms with Crippen LogP contribution in [-0.2, 0) is 11.3 Å². The lowest BCUT2D eigenvalue weighted by atomic mass is 9.49. The molecule has 1 amide bonds. The van der Waals surface area contributed by atoms with Crippen molar-refractivity contribution in [1.82, 2.24) is 5.32 Å². The van der Waals surface area contributed by atoms with Gasteiger partial charge in [0.1, 0.15) is 0 Å². The fourth-order valence-electron chi connectivity index (χ4n) is 5.49. The first kappa shape index (κ1) is 13.8. The second kappa shape index (κ2) is 4.84. The van der Waals surface area contributed by atoms with Crippen molar-refractivity contribution in [2.75, 3.05) is 0 Å². The van der Waals surface area contributed by atoms with E-state index in [-0.39, 0.29) is 5.41 Å². The summed E-state index contributed by atoms with van der Waals surface area (Å²) < 4.78 is 0. The molecule has 0 aromatic carbocycles. The SMILES string of the molecule is Cc1scc(CNC(=O)C23CC4CC(CC(C4)C2)C3)c1C. The van der Waals surface area contributed by atoms with Gasteiger partial charge in [0, 0.05) is 16.8 Å². The number of hydrogen-bond donors (Lipinski definition) is 1. The molecule has 1 aromatic rings. The summed E-state index contributed by atoms with van der Waals surface area (Å²) in [5, 5.41) is 5.48. The molecule has 4 bridgehead atoms. The van der Waals surface area contributed by atoms with Crippen LogP contribution in [0, 0.1) is 37.0 Å². The minimum absolute atomic E-state index is 0.00623. The van der Waals surface area contributed by atoms with Crippen LogP contribution in [0.25, 0.3) is 0 Å². The number of aryl methyl sites for hydroxylation is 1. The molecule has 1 aromatic heterocycles. The Hall–Kier alpha value is -0.830. The third kappa shape index (κ3) is 2.25. The Labute approximate surface area is 131 Å². The lowest BCUT2D eigenvalue weighted by Gasteiger charge is -2.55. The normalized spacial score (nSPS) is 37.0. The smallest absolute Gasteiger partial charge is 0.226 e. The highest BCUT2D eigenvalue weighted by molar-refractivity contribution is 7.10. The molecule has 1 N–H and O–H groups in total. The highest BCUT2D eigenvalue weighted by Crippen LogP contribution is 2.60. The summed E-state index contributed by atoms with van der Waals surface area (Å²) in [7, 11) is 0. The topological polar surface area (TPSA) is 29.1 Å². The van der Waals surface area contributed by atoms with Gasteiger partial charge in [0.2, 0.25) is 5.91 Å². The predicted octanol–water partition coefficient (Wildman–Crippen LogP) is 4.20. The highest BCUT2D eigenvalue weighted by atomic mass is 32.1. The van der Waals surface area contributed by atoms with Gasteiger partial charge >= 0.3 is 0 Å². The number of nitrogens with one attached hydrogen (secondary N) is 1. The molecule has 0 radical (unpaired) electrons. The van der Waals surface area contributed by atoms with Crippen LogP contribution >= 0.6 is 11.3 Å². The lowest BCUT2D eigenvalue weighted by Crippen LogP contribution is -2.53. The zero-order chi connectivity index (χ0) is 14.6. The van der Waals surface area contributed by atoms with Gasteiger partial charge < -0.3 is 5.32 Å². The number of carbonyl (C=O) groups excluding carboxylic acids is 1. The Morgan fingerprint density at radius 1 is 1.19 bits per heavy atom. The molecule has 1 heterocycles. The Morgan fingerprint density at radius 2 is 1.76 bits per heavy atom. The molecule has 0 saturated heterocycles. The van der Waals surface area contributed by atoms with Crippen LogP contribution in [0.1, 0.15) is 54.5 Å². The first-order valence-corrected chi connectivity index (χ1v) is 9.25. The average molecular weight is 303 g/mol. The van der Waals surface area contributed by atoms with Gasteiger partial charge in [-0.05, 0) is 86.6 Å². The van der Waals surface area contributed by atoms with Crippen molar-refractivity contribution in [2.24, 2.45) is 23.2 Å². The molecule has 3 heteroatoms. The van der Waals surface area contributed by atoms with Gasteiger partial charge in [-0.15, -0.1) is 11.3 Å². The van der Waals surface area contributed by atoms with E-state index in [0.29, 0.717) is 5.91 Å². The fourth-order valence-corrected chi connectivity index (χ4v) is 6.38. The van der Waals surface area contributed by atoms with Crippen molar-refractivity contribution in [3.05, 3.63) is 21.4 Å². The van der Waals surface area contributed by atoms with Gasteiger partial charge in [-0.2, -0.15) is 0 Å².